The zero-order chi connectivity index (χ0) is 49.7. The summed E-state index contributed by atoms with van der Waals surface area (Å²) in [5, 5.41) is 23.8. The molecule has 0 unspecified atom stereocenters. The van der Waals surface area contributed by atoms with Crippen molar-refractivity contribution in [2.45, 2.75) is 65.9 Å². The first kappa shape index (κ1) is 63.4. The maximum Gasteiger partial charge on any atom is 2.00 e. The first-order chi connectivity index (χ1) is 32.3. The maximum atomic E-state index is 12.8. The molecule has 70 heavy (non-hydrogen) atoms. The summed E-state index contributed by atoms with van der Waals surface area (Å²) in [7, 11) is 0. The van der Waals surface area contributed by atoms with Crippen LogP contribution in [0, 0.1) is 21.3 Å². The van der Waals surface area contributed by atoms with Crippen molar-refractivity contribution in [2.75, 3.05) is 10.6 Å². The van der Waals surface area contributed by atoms with Gasteiger partial charge in [0, 0.05) is 90.8 Å². The SMILES string of the molecule is CC(=O)CCc1nc(-c2ccc(C)c(NC(=O)c3cnc4ccccn34)c2)no1.Cc1ccc(-c2noc(CCC(C)(C)O)n2)cc1NC(=O)c1cnc2ccccn12.FF.FF.FF.FF.[Br-].[CH3-].[Mg+2]. The number of imidazole rings is 2. The number of halogens is 9. The number of ketones is 1. The number of hydrogen-bond acceptors (Lipinski definition) is 12. The summed E-state index contributed by atoms with van der Waals surface area (Å²) in [6.45, 7) is 8.82. The Balaban J connectivity index is 0.00000115. The molecule has 8 rings (SSSR count). The number of nitrogens with zero attached hydrogens (tertiary/aromatic N) is 8. The first-order valence-corrected chi connectivity index (χ1v) is 19.4. The third kappa shape index (κ3) is 17.7. The van der Waals surface area contributed by atoms with Crippen molar-refractivity contribution >= 4 is 63.3 Å². The van der Waals surface area contributed by atoms with Crippen LogP contribution in [0.5, 0.6) is 0 Å². The standard InChI is InChI=1S/C22H23N5O3.C21H19N5O3.CH3.BrH.4F2.Mg/c1-14-7-8-15(20-25-19(30-26-20)9-10-22(2,3)29)12-16(14)24-21(28)17-13-23-18-6-4-5-11-27(17)18;1-13-6-8-15(20-24-19(29-25-20)9-7-14(2)27)11-16(13)23-21(28)17-12-22-18-5-3-4-10-26(17)18;;;4*1-2;/h4-8,11-13,29H,9-10H2,1-3H3,(H,24,28);3-6,8,10-12H,7,9H2,1-2H3,(H,23,28);1H3;1H;;;;;/q;;-1;;;;;;+2/p-1. The van der Waals surface area contributed by atoms with Gasteiger partial charge in [0.25, 0.3) is 11.8 Å². The van der Waals surface area contributed by atoms with Crippen molar-refractivity contribution in [3.8, 4) is 22.8 Å². The summed E-state index contributed by atoms with van der Waals surface area (Å²) in [6, 6.07) is 22.3. The second-order valence-corrected chi connectivity index (χ2v) is 14.7. The molecule has 0 saturated carbocycles. The molecular weight excluding hydrogens is 1020 g/mol. The molecule has 0 radical (unpaired) electrons. The Hall–Kier alpha value is -6.64. The molecule has 0 aliphatic carbocycles. The number of benzene rings is 2. The monoisotopic (exact) mass is 1060 g/mol. The van der Waals surface area contributed by atoms with Gasteiger partial charge in [0.2, 0.25) is 23.4 Å². The van der Waals surface area contributed by atoms with Crippen molar-refractivity contribution in [3.05, 3.63) is 139 Å². The van der Waals surface area contributed by atoms with E-state index in [0.29, 0.717) is 88.7 Å². The van der Waals surface area contributed by atoms with E-state index in [2.05, 4.69) is 40.9 Å². The number of carbonyl (C=O) groups is 3. The molecular formula is C44H45BrF8MgN10O6. The Morgan fingerprint density at radius 2 is 1.06 bits per heavy atom. The second-order valence-electron chi connectivity index (χ2n) is 14.7. The Morgan fingerprint density at radius 3 is 1.44 bits per heavy atom. The van der Waals surface area contributed by atoms with Crippen molar-refractivity contribution < 1.29 is 82.1 Å². The number of nitrogens with one attached hydrogen (secondary N) is 2. The maximum absolute atomic E-state index is 12.8. The Bertz CT molecular complexity index is 2840. The number of hydrogen-bond donors (Lipinski definition) is 3. The molecule has 0 aliphatic rings. The number of aryl methyl sites for hydroxylation is 4. The Kier molecular flexibility index (Phi) is 28.5. The number of carbonyl (C=O) groups excluding carboxylic acids is 3. The van der Waals surface area contributed by atoms with Crippen LogP contribution in [0.3, 0.4) is 0 Å². The molecule has 372 valence electrons. The van der Waals surface area contributed by atoms with Crippen molar-refractivity contribution in [3.63, 3.8) is 0 Å². The summed E-state index contributed by atoms with van der Waals surface area (Å²) in [4.78, 5) is 54.0. The number of aliphatic hydroxyl groups is 1. The molecule has 0 fully saturated rings. The number of fused-ring (bicyclic) bond motifs is 2. The van der Waals surface area contributed by atoms with Crippen LogP contribution in [0.4, 0.5) is 48.0 Å². The van der Waals surface area contributed by atoms with Crippen LogP contribution >= 0.6 is 0 Å². The number of Topliss-reactive ketones (excluding diaryl/α,β-unsaturated/α-hetero) is 1. The number of anilines is 2. The van der Waals surface area contributed by atoms with Crippen molar-refractivity contribution in [2.24, 2.45) is 0 Å². The van der Waals surface area contributed by atoms with Gasteiger partial charge in [0.1, 0.15) is 28.5 Å². The topological polar surface area (TPSA) is 208 Å². The number of rotatable bonds is 12. The molecule has 0 aliphatic heterocycles. The summed E-state index contributed by atoms with van der Waals surface area (Å²) in [5.41, 5.74) is 6.05. The molecule has 0 bridgehead atoms. The molecule has 6 aromatic heterocycles. The van der Waals surface area contributed by atoms with E-state index >= 15 is 0 Å². The summed E-state index contributed by atoms with van der Waals surface area (Å²) in [6.07, 6.45) is 8.46. The predicted molar refractivity (Wildman–Crippen MR) is 240 cm³/mol. The smallest absolute Gasteiger partial charge is 1.00 e. The summed E-state index contributed by atoms with van der Waals surface area (Å²) >= 11 is 0. The Labute approximate surface area is 421 Å². The van der Waals surface area contributed by atoms with Crippen LogP contribution in [-0.4, -0.2) is 90.4 Å². The van der Waals surface area contributed by atoms with Gasteiger partial charge in [0.05, 0.1) is 18.0 Å². The predicted octanol–water partition coefficient (Wildman–Crippen LogP) is 7.55. The van der Waals surface area contributed by atoms with E-state index in [1.54, 1.807) is 53.5 Å². The van der Waals surface area contributed by atoms with Crippen LogP contribution in [0.25, 0.3) is 34.1 Å². The quantitative estimate of drug-likeness (QED) is 0.0616. The van der Waals surface area contributed by atoms with Crippen molar-refractivity contribution in [1.29, 1.82) is 0 Å². The van der Waals surface area contributed by atoms with E-state index in [-0.39, 0.29) is 65.1 Å². The van der Waals surface area contributed by atoms with E-state index < -0.39 is 5.60 Å². The number of amides is 2. The molecule has 26 heteroatoms. The third-order valence-corrected chi connectivity index (χ3v) is 9.37. The van der Waals surface area contributed by atoms with Crippen molar-refractivity contribution in [1.82, 2.24) is 39.1 Å². The molecule has 2 aromatic carbocycles. The zero-order valence-electron chi connectivity index (χ0n) is 38.2. The summed E-state index contributed by atoms with van der Waals surface area (Å²) in [5.74, 6) is 1.26. The largest absolute Gasteiger partial charge is 2.00 e. The van der Waals surface area contributed by atoms with Gasteiger partial charge in [-0.05, 0) is 88.6 Å². The zero-order valence-corrected chi connectivity index (χ0v) is 41.2. The van der Waals surface area contributed by atoms with Crippen LogP contribution in [0.2, 0.25) is 0 Å². The number of pyridine rings is 2. The van der Waals surface area contributed by atoms with E-state index in [1.165, 1.54) is 6.92 Å². The van der Waals surface area contributed by atoms with Gasteiger partial charge in [-0.3, -0.25) is 18.4 Å². The minimum atomic E-state index is -0.798. The molecule has 3 N–H and O–H groups in total. The molecule has 0 atom stereocenters. The van der Waals surface area contributed by atoms with Gasteiger partial charge < -0.3 is 54.0 Å². The van der Waals surface area contributed by atoms with Crippen LogP contribution in [0.15, 0.2) is 107 Å². The van der Waals surface area contributed by atoms with Gasteiger partial charge >= 0.3 is 23.1 Å². The minimum Gasteiger partial charge on any atom is -1.00 e. The molecule has 16 nitrogen and oxygen atoms in total. The molecule has 0 spiro atoms. The minimum absolute atomic E-state index is 0. The van der Waals surface area contributed by atoms with Crippen LogP contribution in [-0.2, 0) is 17.6 Å². The van der Waals surface area contributed by atoms with Gasteiger partial charge in [-0.2, -0.15) is 9.97 Å². The fraction of sp³-hybridized carbons (Fsp3) is 0.227. The van der Waals surface area contributed by atoms with Crippen LogP contribution < -0.4 is 27.6 Å². The Morgan fingerprint density at radius 1 is 0.657 bits per heavy atom. The van der Waals surface area contributed by atoms with E-state index in [1.807, 2.05) is 80.6 Å². The first-order valence-electron chi connectivity index (χ1n) is 19.4. The molecule has 8 aromatic rings. The van der Waals surface area contributed by atoms with Gasteiger partial charge in [0.15, 0.2) is 0 Å². The fourth-order valence-electron chi connectivity index (χ4n) is 6.01. The van der Waals surface area contributed by atoms with E-state index in [9.17, 15) is 19.5 Å². The average Bonchev–Trinajstić information content (AvgIpc) is 4.19. The molecule has 0 saturated heterocycles. The number of aromatic nitrogens is 8. The molecule has 2 amide bonds. The normalized spacial score (nSPS) is 9.91. The van der Waals surface area contributed by atoms with Gasteiger partial charge in [-0.15, -0.1) is 0 Å². The fourth-order valence-corrected chi connectivity index (χ4v) is 6.01. The van der Waals surface area contributed by atoms with E-state index in [0.717, 1.165) is 16.7 Å². The van der Waals surface area contributed by atoms with Gasteiger partial charge in [-0.1, -0.05) is 46.7 Å². The average molecular weight is 1070 g/mol. The van der Waals surface area contributed by atoms with Crippen LogP contribution in [0.1, 0.15) is 77.5 Å². The second kappa shape index (κ2) is 31.5. The van der Waals surface area contributed by atoms with E-state index in [4.69, 9.17) is 45.6 Å². The third-order valence-electron chi connectivity index (χ3n) is 9.37. The molecule has 6 heterocycles. The van der Waals surface area contributed by atoms with Gasteiger partial charge in [-0.25, -0.2) is 9.97 Å². The summed E-state index contributed by atoms with van der Waals surface area (Å²) < 4.78 is 78.0.